The van der Waals surface area contributed by atoms with Gasteiger partial charge in [-0.3, -0.25) is 4.79 Å². The van der Waals surface area contributed by atoms with Gasteiger partial charge in [0.15, 0.2) is 0 Å². The molecule has 0 radical (unpaired) electrons. The van der Waals surface area contributed by atoms with Crippen LogP contribution < -0.4 is 0 Å². The Morgan fingerprint density at radius 3 is 2.60 bits per heavy atom. The van der Waals surface area contributed by atoms with Gasteiger partial charge in [-0.25, -0.2) is 4.68 Å². The third-order valence-corrected chi connectivity index (χ3v) is 2.97. The molecule has 1 aromatic heterocycles. The highest BCUT2D eigenvalue weighted by atomic mass is 16.5. The van der Waals surface area contributed by atoms with Crippen molar-refractivity contribution in [3.8, 4) is 5.69 Å². The predicted octanol–water partition coefficient (Wildman–Crippen LogP) is 0.830. The van der Waals surface area contributed by atoms with E-state index in [9.17, 15) is 15.0 Å². The van der Waals surface area contributed by atoms with Crippen molar-refractivity contribution in [2.24, 2.45) is 0 Å². The molecule has 0 spiro atoms. The molecule has 0 aliphatic heterocycles. The molecule has 0 bridgehead atoms. The first-order valence-corrected chi connectivity index (χ1v) is 6.14. The number of hydrogen-bond acceptors (Lipinski definition) is 5. The van der Waals surface area contributed by atoms with Crippen LogP contribution in [0, 0.1) is 0 Å². The topological polar surface area (TPSA) is 84.6 Å². The number of esters is 1. The minimum absolute atomic E-state index is 0.251. The number of methoxy groups -OCH3 is 1. The Labute approximate surface area is 116 Å². The zero-order chi connectivity index (χ0) is 14.5. The second-order valence-electron chi connectivity index (χ2n) is 4.33. The summed E-state index contributed by atoms with van der Waals surface area (Å²) in [5, 5.41) is 23.8. The molecule has 0 saturated carbocycles. The molecule has 2 aromatic rings. The molecular weight excluding hydrogens is 260 g/mol. The molecule has 20 heavy (non-hydrogen) atoms. The van der Waals surface area contributed by atoms with E-state index in [1.807, 2.05) is 6.07 Å². The molecule has 6 nitrogen and oxygen atoms in total. The van der Waals surface area contributed by atoms with Crippen LogP contribution in [0.25, 0.3) is 5.69 Å². The van der Waals surface area contributed by atoms with Crippen LogP contribution in [0.5, 0.6) is 0 Å². The van der Waals surface area contributed by atoms with Crippen LogP contribution in [0.3, 0.4) is 0 Å². The van der Waals surface area contributed by atoms with Crippen LogP contribution in [0.1, 0.15) is 18.1 Å². The third-order valence-electron chi connectivity index (χ3n) is 2.97. The summed E-state index contributed by atoms with van der Waals surface area (Å²) in [5.41, 5.74) is 1.37. The predicted molar refractivity (Wildman–Crippen MR) is 71.2 cm³/mol. The highest BCUT2D eigenvalue weighted by Gasteiger charge is 2.21. The van der Waals surface area contributed by atoms with Crippen molar-refractivity contribution < 1.29 is 19.7 Å². The van der Waals surface area contributed by atoms with Gasteiger partial charge in [-0.1, -0.05) is 12.1 Å². The minimum atomic E-state index is -1.20. The van der Waals surface area contributed by atoms with E-state index in [1.165, 1.54) is 7.11 Å². The van der Waals surface area contributed by atoms with Crippen molar-refractivity contribution in [3.63, 3.8) is 0 Å². The molecule has 6 heteroatoms. The molecule has 0 amide bonds. The van der Waals surface area contributed by atoms with Gasteiger partial charge >= 0.3 is 5.97 Å². The number of rotatable bonds is 5. The van der Waals surface area contributed by atoms with Gasteiger partial charge in [0.1, 0.15) is 6.10 Å². The molecule has 2 N–H and O–H groups in total. The fourth-order valence-corrected chi connectivity index (χ4v) is 1.83. The summed E-state index contributed by atoms with van der Waals surface area (Å²) in [6.45, 7) is 0. The van der Waals surface area contributed by atoms with Crippen LogP contribution in [-0.4, -0.2) is 39.2 Å². The van der Waals surface area contributed by atoms with Crippen molar-refractivity contribution >= 4 is 5.97 Å². The normalized spacial score (nSPS) is 13.8. The SMILES string of the molecule is COC(=O)CC(O)C(O)c1ccc(-n2cccn2)cc1. The summed E-state index contributed by atoms with van der Waals surface area (Å²) in [6, 6.07) is 8.72. The van der Waals surface area contributed by atoms with Gasteiger partial charge in [-0.05, 0) is 23.8 Å². The molecule has 0 fully saturated rings. The fraction of sp³-hybridized carbons (Fsp3) is 0.286. The number of benzene rings is 1. The minimum Gasteiger partial charge on any atom is -0.469 e. The van der Waals surface area contributed by atoms with E-state index in [4.69, 9.17) is 0 Å². The number of aromatic nitrogens is 2. The number of carbonyl (C=O) groups excluding carboxylic acids is 1. The van der Waals surface area contributed by atoms with Crippen molar-refractivity contribution in [2.75, 3.05) is 7.11 Å². The van der Waals surface area contributed by atoms with E-state index in [2.05, 4.69) is 9.84 Å². The number of aliphatic hydroxyl groups is 2. The smallest absolute Gasteiger partial charge is 0.308 e. The average molecular weight is 276 g/mol. The van der Waals surface area contributed by atoms with Crippen LogP contribution in [0.15, 0.2) is 42.7 Å². The first kappa shape index (κ1) is 14.2. The summed E-state index contributed by atoms with van der Waals surface area (Å²) < 4.78 is 6.13. The number of aliphatic hydroxyl groups excluding tert-OH is 2. The number of ether oxygens (including phenoxy) is 1. The molecule has 0 aliphatic carbocycles. The van der Waals surface area contributed by atoms with Crippen molar-refractivity contribution in [3.05, 3.63) is 48.3 Å². The maximum absolute atomic E-state index is 11.1. The zero-order valence-electron chi connectivity index (χ0n) is 11.0. The van der Waals surface area contributed by atoms with Crippen molar-refractivity contribution in [1.29, 1.82) is 0 Å². The summed E-state index contributed by atoms with van der Waals surface area (Å²) in [7, 11) is 1.24. The van der Waals surface area contributed by atoms with Gasteiger partial charge in [0.25, 0.3) is 0 Å². The molecule has 2 rings (SSSR count). The van der Waals surface area contributed by atoms with E-state index in [0.717, 1.165) is 5.69 Å². The molecule has 2 atom stereocenters. The number of nitrogens with zero attached hydrogens (tertiary/aromatic N) is 2. The summed E-state index contributed by atoms with van der Waals surface area (Å²) in [6.07, 6.45) is 0.887. The second-order valence-corrected chi connectivity index (χ2v) is 4.33. The molecule has 0 aliphatic rings. The average Bonchev–Trinajstić information content (AvgIpc) is 3.00. The Bertz CT molecular complexity index is 551. The van der Waals surface area contributed by atoms with Gasteiger partial charge in [0.05, 0.1) is 25.3 Å². The standard InChI is InChI=1S/C14H16N2O4/c1-20-13(18)9-12(17)14(19)10-3-5-11(6-4-10)16-8-2-7-15-16/h2-8,12,14,17,19H,9H2,1H3. The van der Waals surface area contributed by atoms with Crippen molar-refractivity contribution in [2.45, 2.75) is 18.6 Å². The number of carbonyl (C=O) groups is 1. The maximum atomic E-state index is 11.1. The zero-order valence-corrected chi connectivity index (χ0v) is 11.0. The van der Waals surface area contributed by atoms with Crippen molar-refractivity contribution in [1.82, 2.24) is 9.78 Å². The lowest BCUT2D eigenvalue weighted by atomic mass is 10.0. The summed E-state index contributed by atoms with van der Waals surface area (Å²) >= 11 is 0. The van der Waals surface area contributed by atoms with E-state index < -0.39 is 18.2 Å². The van der Waals surface area contributed by atoms with E-state index >= 15 is 0 Å². The largest absolute Gasteiger partial charge is 0.469 e. The first-order valence-electron chi connectivity index (χ1n) is 6.14. The van der Waals surface area contributed by atoms with Crippen LogP contribution >= 0.6 is 0 Å². The van der Waals surface area contributed by atoms with Crippen LogP contribution in [-0.2, 0) is 9.53 Å². The molecule has 0 saturated heterocycles. The van der Waals surface area contributed by atoms with Gasteiger partial charge in [-0.15, -0.1) is 0 Å². The Balaban J connectivity index is 2.07. The Morgan fingerprint density at radius 1 is 1.35 bits per heavy atom. The molecular formula is C14H16N2O4. The van der Waals surface area contributed by atoms with E-state index in [0.29, 0.717) is 5.56 Å². The van der Waals surface area contributed by atoms with Gasteiger partial charge in [-0.2, -0.15) is 5.10 Å². The van der Waals surface area contributed by atoms with E-state index in [-0.39, 0.29) is 6.42 Å². The van der Waals surface area contributed by atoms with Crippen LogP contribution in [0.2, 0.25) is 0 Å². The molecule has 1 aromatic carbocycles. The Hall–Kier alpha value is -2.18. The monoisotopic (exact) mass is 276 g/mol. The Morgan fingerprint density at radius 2 is 2.05 bits per heavy atom. The lowest BCUT2D eigenvalue weighted by molar-refractivity contribution is -0.144. The quantitative estimate of drug-likeness (QED) is 0.790. The number of hydrogen-bond donors (Lipinski definition) is 2. The Kier molecular flexibility index (Phi) is 4.49. The maximum Gasteiger partial charge on any atom is 0.308 e. The highest BCUT2D eigenvalue weighted by Crippen LogP contribution is 2.20. The van der Waals surface area contributed by atoms with Gasteiger partial charge < -0.3 is 14.9 Å². The van der Waals surface area contributed by atoms with Gasteiger partial charge in [0.2, 0.25) is 0 Å². The van der Waals surface area contributed by atoms with Gasteiger partial charge in [0, 0.05) is 12.4 Å². The molecule has 2 unspecified atom stereocenters. The lowest BCUT2D eigenvalue weighted by Gasteiger charge is -2.17. The third kappa shape index (κ3) is 3.23. The fourth-order valence-electron chi connectivity index (χ4n) is 1.83. The lowest BCUT2D eigenvalue weighted by Crippen LogP contribution is -2.22. The van der Waals surface area contributed by atoms with E-state index in [1.54, 1.807) is 41.3 Å². The summed E-state index contributed by atoms with van der Waals surface area (Å²) in [5.74, 6) is -0.565. The van der Waals surface area contributed by atoms with Crippen LogP contribution in [0.4, 0.5) is 0 Å². The summed E-state index contributed by atoms with van der Waals surface area (Å²) in [4.78, 5) is 11.1. The second kappa shape index (κ2) is 6.31. The first-order chi connectivity index (χ1) is 9.61. The highest BCUT2D eigenvalue weighted by molar-refractivity contribution is 5.69. The molecule has 106 valence electrons. The molecule has 1 heterocycles.